The molecule has 120 valence electrons. The van der Waals surface area contributed by atoms with Crippen LogP contribution in [0.1, 0.15) is 12.5 Å². The highest BCUT2D eigenvalue weighted by Crippen LogP contribution is 2.26. The van der Waals surface area contributed by atoms with Crippen molar-refractivity contribution in [3.63, 3.8) is 0 Å². The van der Waals surface area contributed by atoms with Crippen LogP contribution < -0.4 is 4.74 Å². The third-order valence-corrected chi connectivity index (χ3v) is 2.21. The Bertz CT molecular complexity index is 555. The van der Waals surface area contributed by atoms with Crippen molar-refractivity contribution in [1.82, 2.24) is 0 Å². The number of carbonyl (C=O) groups excluding carboxylic acids is 1. The van der Waals surface area contributed by atoms with Gasteiger partial charge in [0.1, 0.15) is 11.5 Å². The van der Waals surface area contributed by atoms with Gasteiger partial charge in [-0.1, -0.05) is 12.1 Å². The highest BCUT2D eigenvalue weighted by atomic mass is 19.4. The van der Waals surface area contributed by atoms with Gasteiger partial charge >= 0.3 is 12.3 Å². The fourth-order valence-electron chi connectivity index (χ4n) is 1.46. The molecule has 0 aliphatic heterocycles. The SMILES string of the molecule is C=N/C=C(\OCC(=O)OCC)c1cccc(OC(F)(F)F)c1. The van der Waals surface area contributed by atoms with Crippen LogP contribution >= 0.6 is 0 Å². The average Bonchev–Trinajstić information content (AvgIpc) is 2.42. The molecule has 0 aromatic heterocycles. The Kier molecular flexibility index (Phi) is 6.43. The number of esters is 1. The van der Waals surface area contributed by atoms with E-state index in [9.17, 15) is 18.0 Å². The summed E-state index contributed by atoms with van der Waals surface area (Å²) in [7, 11) is 0. The normalized spacial score (nSPS) is 11.7. The molecular formula is C14H14F3NO4. The molecule has 0 spiro atoms. The highest BCUT2D eigenvalue weighted by molar-refractivity contribution is 5.72. The topological polar surface area (TPSA) is 57.1 Å². The minimum Gasteiger partial charge on any atom is -0.480 e. The second-order valence-electron chi connectivity index (χ2n) is 3.85. The maximum atomic E-state index is 12.2. The predicted molar refractivity (Wildman–Crippen MR) is 73.2 cm³/mol. The molecule has 8 heteroatoms. The van der Waals surface area contributed by atoms with E-state index < -0.39 is 24.7 Å². The number of alkyl halides is 3. The van der Waals surface area contributed by atoms with Crippen molar-refractivity contribution in [3.05, 3.63) is 36.0 Å². The lowest BCUT2D eigenvalue weighted by molar-refractivity contribution is -0.274. The number of nitrogens with zero attached hydrogens (tertiary/aromatic N) is 1. The van der Waals surface area contributed by atoms with E-state index in [-0.39, 0.29) is 17.9 Å². The molecule has 1 aromatic carbocycles. The molecule has 0 aliphatic rings. The number of hydrogen-bond acceptors (Lipinski definition) is 5. The largest absolute Gasteiger partial charge is 0.573 e. The monoisotopic (exact) mass is 317 g/mol. The molecule has 0 atom stereocenters. The van der Waals surface area contributed by atoms with Crippen LogP contribution in [0.2, 0.25) is 0 Å². The van der Waals surface area contributed by atoms with Gasteiger partial charge in [-0.3, -0.25) is 4.99 Å². The maximum absolute atomic E-state index is 12.2. The third-order valence-electron chi connectivity index (χ3n) is 2.21. The Hall–Kier alpha value is -2.51. The van der Waals surface area contributed by atoms with Gasteiger partial charge in [0.2, 0.25) is 0 Å². The van der Waals surface area contributed by atoms with E-state index in [4.69, 9.17) is 4.74 Å². The highest BCUT2D eigenvalue weighted by Gasteiger charge is 2.31. The average molecular weight is 317 g/mol. The summed E-state index contributed by atoms with van der Waals surface area (Å²) in [6.07, 6.45) is -3.63. The summed E-state index contributed by atoms with van der Waals surface area (Å²) < 4.78 is 50.3. The molecule has 0 heterocycles. The first-order valence-electron chi connectivity index (χ1n) is 6.16. The zero-order valence-corrected chi connectivity index (χ0v) is 11.7. The Morgan fingerprint density at radius 3 is 2.68 bits per heavy atom. The van der Waals surface area contributed by atoms with Crippen molar-refractivity contribution in [1.29, 1.82) is 0 Å². The number of hydrogen-bond donors (Lipinski definition) is 0. The van der Waals surface area contributed by atoms with Crippen LogP contribution in [0.4, 0.5) is 13.2 Å². The van der Waals surface area contributed by atoms with Crippen molar-refractivity contribution in [2.75, 3.05) is 13.2 Å². The van der Waals surface area contributed by atoms with E-state index in [0.29, 0.717) is 0 Å². The lowest BCUT2D eigenvalue weighted by Crippen LogP contribution is -2.17. The van der Waals surface area contributed by atoms with Crippen LogP contribution in [0, 0.1) is 0 Å². The molecular weight excluding hydrogens is 303 g/mol. The summed E-state index contributed by atoms with van der Waals surface area (Å²) in [5, 5.41) is 0. The Balaban J connectivity index is 2.88. The standard InChI is InChI=1S/C14H14F3NO4/c1-3-20-13(19)9-21-12(8-18-2)10-5-4-6-11(7-10)22-14(15,16)17/h4-8H,2-3,9H2,1H3/b12-8-. The minimum absolute atomic E-state index is 0.0654. The quantitative estimate of drug-likeness (QED) is 0.440. The fraction of sp³-hybridized carbons (Fsp3) is 0.286. The summed E-state index contributed by atoms with van der Waals surface area (Å²) in [6.45, 7) is 4.66. The molecule has 22 heavy (non-hydrogen) atoms. The minimum atomic E-state index is -4.80. The Labute approximate surface area is 125 Å². The lowest BCUT2D eigenvalue weighted by atomic mass is 10.2. The van der Waals surface area contributed by atoms with Crippen LogP contribution in [0.25, 0.3) is 5.76 Å². The molecule has 0 saturated heterocycles. The third kappa shape index (κ3) is 6.29. The van der Waals surface area contributed by atoms with Gasteiger partial charge in [-0.15, -0.1) is 13.2 Å². The molecule has 0 fully saturated rings. The van der Waals surface area contributed by atoms with Crippen molar-refractivity contribution in [2.45, 2.75) is 13.3 Å². The molecule has 1 aromatic rings. The summed E-state index contributed by atoms with van der Waals surface area (Å²) >= 11 is 0. The van der Waals surface area contributed by atoms with E-state index in [1.54, 1.807) is 6.92 Å². The molecule has 0 amide bonds. The smallest absolute Gasteiger partial charge is 0.480 e. The number of ether oxygens (including phenoxy) is 3. The molecule has 0 N–H and O–H groups in total. The number of halogens is 3. The van der Waals surface area contributed by atoms with Crippen LogP contribution in [-0.2, 0) is 14.3 Å². The number of rotatable bonds is 7. The van der Waals surface area contributed by atoms with E-state index in [1.165, 1.54) is 18.3 Å². The molecule has 0 unspecified atom stereocenters. The summed E-state index contributed by atoms with van der Waals surface area (Å²) in [6, 6.07) is 5.07. The van der Waals surface area contributed by atoms with Gasteiger partial charge in [-0.25, -0.2) is 4.79 Å². The fourth-order valence-corrected chi connectivity index (χ4v) is 1.46. The molecule has 0 saturated carbocycles. The molecule has 0 bridgehead atoms. The number of carbonyl (C=O) groups is 1. The molecule has 5 nitrogen and oxygen atoms in total. The molecule has 1 rings (SSSR count). The summed E-state index contributed by atoms with van der Waals surface area (Å²) in [5.74, 6) is -0.962. The Morgan fingerprint density at radius 2 is 2.09 bits per heavy atom. The number of benzene rings is 1. The van der Waals surface area contributed by atoms with Gasteiger partial charge in [0, 0.05) is 5.56 Å². The van der Waals surface area contributed by atoms with Crippen molar-refractivity contribution in [3.8, 4) is 5.75 Å². The molecule has 0 radical (unpaired) electrons. The predicted octanol–water partition coefficient (Wildman–Crippen LogP) is 3.16. The maximum Gasteiger partial charge on any atom is 0.573 e. The summed E-state index contributed by atoms with van der Waals surface area (Å²) in [5.41, 5.74) is 0.249. The zero-order valence-electron chi connectivity index (χ0n) is 11.7. The first kappa shape index (κ1) is 17.5. The second-order valence-corrected chi connectivity index (χ2v) is 3.85. The van der Waals surface area contributed by atoms with Gasteiger partial charge in [-0.2, -0.15) is 0 Å². The van der Waals surface area contributed by atoms with Gasteiger partial charge in [0.25, 0.3) is 0 Å². The second kappa shape index (κ2) is 8.06. The van der Waals surface area contributed by atoms with Crippen molar-refractivity contribution < 1.29 is 32.2 Å². The van der Waals surface area contributed by atoms with Gasteiger partial charge < -0.3 is 14.2 Å². The Morgan fingerprint density at radius 1 is 1.36 bits per heavy atom. The zero-order chi connectivity index (χ0) is 16.6. The van der Waals surface area contributed by atoms with E-state index >= 15 is 0 Å². The van der Waals surface area contributed by atoms with Crippen molar-refractivity contribution in [2.24, 2.45) is 4.99 Å². The van der Waals surface area contributed by atoms with Gasteiger partial charge in [0.05, 0.1) is 12.8 Å². The van der Waals surface area contributed by atoms with Crippen molar-refractivity contribution >= 4 is 18.4 Å². The van der Waals surface area contributed by atoms with Crippen LogP contribution in [0.15, 0.2) is 35.5 Å². The van der Waals surface area contributed by atoms with Gasteiger partial charge in [-0.05, 0) is 25.8 Å². The number of aliphatic imine (C=N–C) groups is 1. The van der Waals surface area contributed by atoms with Gasteiger partial charge in [0.15, 0.2) is 6.61 Å². The van der Waals surface area contributed by atoms with E-state index in [0.717, 1.165) is 12.1 Å². The van der Waals surface area contributed by atoms with Crippen LogP contribution in [0.5, 0.6) is 5.75 Å². The summed E-state index contributed by atoms with van der Waals surface area (Å²) in [4.78, 5) is 14.7. The first-order valence-corrected chi connectivity index (χ1v) is 6.16. The van der Waals surface area contributed by atoms with E-state index in [2.05, 4.69) is 21.2 Å². The van der Waals surface area contributed by atoms with Crippen LogP contribution in [0.3, 0.4) is 0 Å². The van der Waals surface area contributed by atoms with E-state index in [1.807, 2.05) is 0 Å². The lowest BCUT2D eigenvalue weighted by Gasteiger charge is -2.12. The first-order chi connectivity index (χ1) is 10.4. The molecule has 0 aliphatic carbocycles. The van der Waals surface area contributed by atoms with Crippen LogP contribution in [-0.4, -0.2) is 32.3 Å².